The molecule has 0 bridgehead atoms. The summed E-state index contributed by atoms with van der Waals surface area (Å²) < 4.78 is 61.0. The molecule has 0 atom stereocenters. The van der Waals surface area contributed by atoms with Gasteiger partial charge in [-0.15, -0.1) is 0 Å². The lowest BCUT2D eigenvalue weighted by Gasteiger charge is -2.12. The summed E-state index contributed by atoms with van der Waals surface area (Å²) in [6.45, 7) is 0. The van der Waals surface area contributed by atoms with Crippen LogP contribution in [0.1, 0.15) is 0 Å². The molecule has 2 N–H and O–H groups in total. The Morgan fingerprint density at radius 1 is 0.839 bits per heavy atom. The number of methoxy groups -OCH3 is 1. The lowest BCUT2D eigenvalue weighted by Crippen LogP contribution is -2.15. The summed E-state index contributed by atoms with van der Waals surface area (Å²) in [5, 5.41) is 0.283. The predicted molar refractivity (Wildman–Crippen MR) is 130 cm³/mol. The van der Waals surface area contributed by atoms with E-state index in [0.29, 0.717) is 9.32 Å². The molecule has 0 saturated heterocycles. The summed E-state index contributed by atoms with van der Waals surface area (Å²) in [6.07, 6.45) is 0. The van der Waals surface area contributed by atoms with Crippen LogP contribution in [-0.4, -0.2) is 23.9 Å². The van der Waals surface area contributed by atoms with E-state index < -0.39 is 20.0 Å². The highest BCUT2D eigenvalue weighted by atomic mass is 127. The third kappa shape index (κ3) is 5.55. The van der Waals surface area contributed by atoms with Crippen LogP contribution in [0.25, 0.3) is 0 Å². The maximum atomic E-state index is 12.6. The number of hydrogen-bond acceptors (Lipinski definition) is 5. The average molecular weight is 613 g/mol. The van der Waals surface area contributed by atoms with Gasteiger partial charge in [-0.1, -0.05) is 29.3 Å². The molecule has 0 saturated carbocycles. The van der Waals surface area contributed by atoms with E-state index in [9.17, 15) is 16.8 Å². The second kappa shape index (κ2) is 9.41. The number of ether oxygens (including phenoxy) is 1. The van der Waals surface area contributed by atoms with Crippen molar-refractivity contribution in [1.29, 1.82) is 0 Å². The summed E-state index contributed by atoms with van der Waals surface area (Å²) in [5.74, 6) is 0.557. The second-order valence-electron chi connectivity index (χ2n) is 6.13. The average Bonchev–Trinajstić information content (AvgIpc) is 2.71. The predicted octanol–water partition coefficient (Wildman–Crippen LogP) is 5.21. The normalized spacial score (nSPS) is 11.7. The molecule has 0 amide bonds. The summed E-state index contributed by atoms with van der Waals surface area (Å²) in [6, 6.07) is 14.3. The molecule has 0 aliphatic rings. The Morgan fingerprint density at radius 2 is 1.45 bits per heavy atom. The fourth-order valence-electron chi connectivity index (χ4n) is 2.52. The van der Waals surface area contributed by atoms with Gasteiger partial charge >= 0.3 is 0 Å². The van der Waals surface area contributed by atoms with E-state index in [4.69, 9.17) is 27.9 Å². The van der Waals surface area contributed by atoms with Crippen molar-refractivity contribution >= 4 is 77.2 Å². The Balaban J connectivity index is 1.81. The zero-order valence-electron chi connectivity index (χ0n) is 15.8. The van der Waals surface area contributed by atoms with Crippen molar-refractivity contribution in [3.63, 3.8) is 0 Å². The van der Waals surface area contributed by atoms with E-state index >= 15 is 0 Å². The van der Waals surface area contributed by atoms with Crippen molar-refractivity contribution in [2.45, 2.75) is 9.79 Å². The SMILES string of the molecule is COc1ccc(S(=O)(=O)Nc2ccc(S(=O)(=O)Nc3cccc(Cl)c3Cl)cc2)cc1I. The third-order valence-electron chi connectivity index (χ3n) is 4.05. The van der Waals surface area contributed by atoms with Crippen LogP contribution in [0.2, 0.25) is 10.0 Å². The fraction of sp³-hybridized carbons (Fsp3) is 0.0526. The fourth-order valence-corrected chi connectivity index (χ4v) is 6.02. The van der Waals surface area contributed by atoms with Crippen molar-refractivity contribution in [3.8, 4) is 5.75 Å². The molecule has 12 heteroatoms. The minimum atomic E-state index is -3.96. The number of sulfonamides is 2. The highest BCUT2D eigenvalue weighted by Gasteiger charge is 2.19. The van der Waals surface area contributed by atoms with Crippen LogP contribution in [0.15, 0.2) is 70.5 Å². The first kappa shape index (κ1) is 23.9. The van der Waals surface area contributed by atoms with Crippen LogP contribution in [-0.2, 0) is 20.0 Å². The largest absolute Gasteiger partial charge is 0.496 e. The van der Waals surface area contributed by atoms with E-state index in [1.807, 2.05) is 22.6 Å². The molecule has 0 spiro atoms. The Labute approximate surface area is 204 Å². The van der Waals surface area contributed by atoms with Crippen molar-refractivity contribution in [2.75, 3.05) is 16.6 Å². The van der Waals surface area contributed by atoms with Crippen LogP contribution >= 0.6 is 45.8 Å². The van der Waals surface area contributed by atoms with Gasteiger partial charge in [0.2, 0.25) is 0 Å². The summed E-state index contributed by atoms with van der Waals surface area (Å²) >= 11 is 13.9. The van der Waals surface area contributed by atoms with Gasteiger partial charge in [0.25, 0.3) is 20.0 Å². The molecule has 0 aliphatic heterocycles. The lowest BCUT2D eigenvalue weighted by atomic mass is 10.3. The highest BCUT2D eigenvalue weighted by Crippen LogP contribution is 2.31. The van der Waals surface area contributed by atoms with Crippen LogP contribution in [0.3, 0.4) is 0 Å². The topological polar surface area (TPSA) is 102 Å². The zero-order chi connectivity index (χ0) is 22.8. The van der Waals surface area contributed by atoms with Gasteiger partial charge < -0.3 is 4.74 Å². The molecule has 164 valence electrons. The summed E-state index contributed by atoms with van der Waals surface area (Å²) in [5.41, 5.74) is 0.332. The standard InChI is InChI=1S/C19H15Cl2IN2O5S2/c1-29-18-10-9-14(11-16(18)22)31(27,28)23-12-5-7-13(8-6-12)30(25,26)24-17-4-2-3-15(20)19(17)21/h2-11,23-24H,1H3. The van der Waals surface area contributed by atoms with Crippen molar-refractivity contribution in [1.82, 2.24) is 0 Å². The van der Waals surface area contributed by atoms with Gasteiger partial charge in [0.05, 0.1) is 36.2 Å². The van der Waals surface area contributed by atoms with Crippen molar-refractivity contribution in [2.24, 2.45) is 0 Å². The minimum Gasteiger partial charge on any atom is -0.496 e. The number of hydrogen-bond donors (Lipinski definition) is 2. The summed E-state index contributed by atoms with van der Waals surface area (Å²) in [7, 11) is -6.34. The van der Waals surface area contributed by atoms with E-state index in [2.05, 4.69) is 9.44 Å². The summed E-state index contributed by atoms with van der Waals surface area (Å²) in [4.78, 5) is -0.0304. The monoisotopic (exact) mass is 612 g/mol. The van der Waals surface area contributed by atoms with Crippen molar-refractivity contribution < 1.29 is 21.6 Å². The molecular formula is C19H15Cl2IN2O5S2. The maximum absolute atomic E-state index is 12.6. The van der Waals surface area contributed by atoms with Gasteiger partial charge in [0.15, 0.2) is 0 Å². The molecule has 0 radical (unpaired) electrons. The second-order valence-corrected chi connectivity index (χ2v) is 11.4. The quantitative estimate of drug-likeness (QED) is 0.357. The Bertz CT molecular complexity index is 1330. The van der Waals surface area contributed by atoms with Gasteiger partial charge in [-0.25, -0.2) is 16.8 Å². The van der Waals surface area contributed by atoms with Gasteiger partial charge in [0, 0.05) is 5.69 Å². The van der Waals surface area contributed by atoms with Gasteiger partial charge in [-0.3, -0.25) is 9.44 Å². The Kier molecular flexibility index (Phi) is 7.26. The number of halogens is 3. The maximum Gasteiger partial charge on any atom is 0.261 e. The van der Waals surface area contributed by atoms with Crippen LogP contribution in [0.5, 0.6) is 5.75 Å². The first-order valence-electron chi connectivity index (χ1n) is 8.47. The molecule has 3 aromatic carbocycles. The third-order valence-corrected chi connectivity index (χ3v) is 8.47. The first-order valence-corrected chi connectivity index (χ1v) is 13.3. The van der Waals surface area contributed by atoms with E-state index in [0.717, 1.165) is 0 Å². The smallest absolute Gasteiger partial charge is 0.261 e. The molecule has 0 heterocycles. The van der Waals surface area contributed by atoms with Gasteiger partial charge in [-0.2, -0.15) is 0 Å². The van der Waals surface area contributed by atoms with Crippen LogP contribution in [0, 0.1) is 3.57 Å². The number of anilines is 2. The molecule has 0 aliphatic carbocycles. The molecule has 0 unspecified atom stereocenters. The van der Waals surface area contributed by atoms with E-state index in [1.54, 1.807) is 12.1 Å². The van der Waals surface area contributed by atoms with Crippen LogP contribution in [0.4, 0.5) is 11.4 Å². The highest BCUT2D eigenvalue weighted by molar-refractivity contribution is 14.1. The van der Waals surface area contributed by atoms with Gasteiger partial charge in [0.1, 0.15) is 5.75 Å². The molecule has 31 heavy (non-hydrogen) atoms. The Hall–Kier alpha value is -1.73. The van der Waals surface area contributed by atoms with E-state index in [-0.39, 0.29) is 31.2 Å². The molecule has 0 fully saturated rings. The number of nitrogens with one attached hydrogen (secondary N) is 2. The lowest BCUT2D eigenvalue weighted by molar-refractivity contribution is 0.411. The van der Waals surface area contributed by atoms with Gasteiger partial charge in [-0.05, 0) is 77.2 Å². The first-order chi connectivity index (χ1) is 14.5. The minimum absolute atomic E-state index is 0.0478. The molecule has 0 aromatic heterocycles. The van der Waals surface area contributed by atoms with Crippen molar-refractivity contribution in [3.05, 3.63) is 74.3 Å². The van der Waals surface area contributed by atoms with Crippen LogP contribution < -0.4 is 14.2 Å². The Morgan fingerprint density at radius 3 is 2.06 bits per heavy atom. The number of benzene rings is 3. The zero-order valence-corrected chi connectivity index (χ0v) is 21.1. The molecule has 3 aromatic rings. The van der Waals surface area contributed by atoms with E-state index in [1.165, 1.54) is 55.6 Å². The molecular weight excluding hydrogens is 598 g/mol. The number of rotatable bonds is 7. The molecule has 3 rings (SSSR count). The molecule has 7 nitrogen and oxygen atoms in total.